The Hall–Kier alpha value is -4.27. The number of rotatable bonds is 10. The van der Waals surface area contributed by atoms with E-state index >= 15 is 0 Å². The van der Waals surface area contributed by atoms with Crippen molar-refractivity contribution in [2.75, 3.05) is 5.32 Å². The lowest BCUT2D eigenvalue weighted by atomic mass is 10.0. The average Bonchev–Trinajstić information content (AvgIpc) is 3.58. The van der Waals surface area contributed by atoms with Crippen LogP contribution in [0.25, 0.3) is 22.4 Å². The summed E-state index contributed by atoms with van der Waals surface area (Å²) in [5.74, 6) is 1.58. The Bertz CT molecular complexity index is 1430. The normalized spacial score (nSPS) is 13.8. The molecule has 0 amide bonds. The molecule has 0 unspecified atom stereocenters. The second-order valence-corrected chi connectivity index (χ2v) is 9.96. The molecule has 1 aromatic carbocycles. The number of aryl methyl sites for hydroxylation is 1. The van der Waals surface area contributed by atoms with Gasteiger partial charge >= 0.3 is 5.97 Å². The van der Waals surface area contributed by atoms with Crippen LogP contribution in [-0.4, -0.2) is 37.2 Å². The Kier molecular flexibility index (Phi) is 7.09. The third-order valence-corrected chi connectivity index (χ3v) is 6.85. The molecule has 0 radical (unpaired) electrons. The molecule has 0 atom stereocenters. The van der Waals surface area contributed by atoms with Crippen LogP contribution in [0.3, 0.4) is 0 Å². The predicted molar refractivity (Wildman–Crippen MR) is 145 cm³/mol. The van der Waals surface area contributed by atoms with Crippen LogP contribution in [0.5, 0.6) is 11.6 Å². The minimum atomic E-state index is -0.272. The molecule has 1 aliphatic rings. The highest BCUT2D eigenvalue weighted by molar-refractivity contribution is 5.82. The van der Waals surface area contributed by atoms with Gasteiger partial charge in [-0.3, -0.25) is 19.9 Å². The largest absolute Gasteiger partial charge is 0.474 e. The van der Waals surface area contributed by atoms with Crippen molar-refractivity contribution in [3.8, 4) is 34.0 Å². The molecule has 9 heteroatoms. The number of H-pyrrole nitrogens is 1. The van der Waals surface area contributed by atoms with Gasteiger partial charge in [0.15, 0.2) is 0 Å². The Morgan fingerprint density at radius 1 is 1.11 bits per heavy atom. The third-order valence-electron chi connectivity index (χ3n) is 6.85. The number of hydrogen-bond acceptors (Lipinski definition) is 8. The minimum Gasteiger partial charge on any atom is -0.474 e. The van der Waals surface area contributed by atoms with Crippen LogP contribution in [-0.2, 0) is 11.3 Å². The molecule has 1 saturated carbocycles. The minimum absolute atomic E-state index is 0.0212. The van der Waals surface area contributed by atoms with Gasteiger partial charge in [0, 0.05) is 17.3 Å². The van der Waals surface area contributed by atoms with Crippen LogP contribution < -0.4 is 14.8 Å². The molecule has 0 spiro atoms. The topological polar surface area (TPSA) is 115 Å². The number of nitrogens with one attached hydrogen (secondary N) is 2. The predicted octanol–water partition coefficient (Wildman–Crippen LogP) is 5.73. The van der Waals surface area contributed by atoms with Gasteiger partial charge in [-0.05, 0) is 69.4 Å². The summed E-state index contributed by atoms with van der Waals surface area (Å²) in [7, 11) is 0. The molecular weight excluding hydrogens is 480 g/mol. The maximum Gasteiger partial charge on any atom is 0.317 e. The van der Waals surface area contributed by atoms with E-state index in [0.717, 1.165) is 52.9 Å². The fourth-order valence-corrected chi connectivity index (χ4v) is 4.31. The van der Waals surface area contributed by atoms with Crippen LogP contribution in [0.15, 0.2) is 55.1 Å². The highest BCUT2D eigenvalue weighted by atomic mass is 16.5. The van der Waals surface area contributed by atoms with Crippen molar-refractivity contribution in [1.82, 2.24) is 25.1 Å². The van der Waals surface area contributed by atoms with Crippen molar-refractivity contribution in [3.05, 3.63) is 66.4 Å². The van der Waals surface area contributed by atoms with Gasteiger partial charge in [0.2, 0.25) is 5.88 Å². The maximum atomic E-state index is 12.5. The van der Waals surface area contributed by atoms with Crippen molar-refractivity contribution >= 4 is 11.8 Å². The van der Waals surface area contributed by atoms with E-state index in [2.05, 4.69) is 25.5 Å². The van der Waals surface area contributed by atoms with Crippen molar-refractivity contribution in [3.63, 3.8) is 0 Å². The summed E-state index contributed by atoms with van der Waals surface area (Å²) in [6, 6.07) is 9.86. The fraction of sp³-hybridized carbons (Fsp3) is 0.345. The molecule has 5 rings (SSSR count). The summed E-state index contributed by atoms with van der Waals surface area (Å²) in [5.41, 5.74) is 5.21. The molecule has 1 fully saturated rings. The summed E-state index contributed by atoms with van der Waals surface area (Å²) in [6.45, 7) is 8.36. The van der Waals surface area contributed by atoms with Gasteiger partial charge in [0.1, 0.15) is 11.6 Å². The van der Waals surface area contributed by atoms with E-state index in [-0.39, 0.29) is 17.5 Å². The quantitative estimate of drug-likeness (QED) is 0.204. The summed E-state index contributed by atoms with van der Waals surface area (Å²) in [5, 5.41) is 10.5. The number of benzene rings is 1. The van der Waals surface area contributed by atoms with E-state index in [9.17, 15) is 4.79 Å². The molecule has 2 N–H and O–H groups in total. The number of pyridine rings is 1. The zero-order valence-corrected chi connectivity index (χ0v) is 22.1. The van der Waals surface area contributed by atoms with E-state index in [0.29, 0.717) is 24.0 Å². The molecule has 0 saturated heterocycles. The Labute approximate surface area is 222 Å². The van der Waals surface area contributed by atoms with E-state index in [1.54, 1.807) is 18.6 Å². The number of aromatic amines is 1. The van der Waals surface area contributed by atoms with E-state index in [4.69, 9.17) is 14.5 Å². The van der Waals surface area contributed by atoms with Crippen LogP contribution >= 0.6 is 0 Å². The standard InChI is InChI=1S/C29H32N6O3/c1-5-29(10-11-29)28(36)38-25-9-7-20(12-19(25)4)21-6-8-23(31-13-21)22-14-33-35-24(22)15-32-26-16-30-17-27(34-26)37-18(2)3/h6-9,12-14,16-18H,5,10-11,15H2,1-4H3,(H,32,34)(H,33,35). The number of carbonyl (C=O) groups excluding carboxylic acids is 1. The summed E-state index contributed by atoms with van der Waals surface area (Å²) in [6.07, 6.45) is 9.53. The second kappa shape index (κ2) is 10.6. The number of aromatic nitrogens is 5. The monoisotopic (exact) mass is 512 g/mol. The SMILES string of the molecule is CCC1(C(=O)Oc2ccc(-c3ccc(-c4cn[nH]c4CNc4cncc(OC(C)C)n4)nc3)cc2C)CC1. The van der Waals surface area contributed by atoms with Gasteiger partial charge in [-0.1, -0.05) is 19.1 Å². The lowest BCUT2D eigenvalue weighted by Crippen LogP contribution is -2.21. The van der Waals surface area contributed by atoms with Gasteiger partial charge < -0.3 is 14.8 Å². The van der Waals surface area contributed by atoms with Gasteiger partial charge in [-0.2, -0.15) is 10.1 Å². The van der Waals surface area contributed by atoms with Crippen LogP contribution in [0, 0.1) is 12.3 Å². The molecule has 9 nitrogen and oxygen atoms in total. The smallest absolute Gasteiger partial charge is 0.317 e. The Morgan fingerprint density at radius 2 is 1.92 bits per heavy atom. The number of hydrogen-bond donors (Lipinski definition) is 2. The molecule has 38 heavy (non-hydrogen) atoms. The molecule has 3 heterocycles. The van der Waals surface area contributed by atoms with Gasteiger partial charge in [-0.25, -0.2) is 0 Å². The zero-order chi connectivity index (χ0) is 26.7. The summed E-state index contributed by atoms with van der Waals surface area (Å²) < 4.78 is 11.3. The lowest BCUT2D eigenvalue weighted by Gasteiger charge is -2.14. The highest BCUT2D eigenvalue weighted by Gasteiger charge is 2.49. The molecule has 0 bridgehead atoms. The van der Waals surface area contributed by atoms with Crippen molar-refractivity contribution in [2.45, 2.75) is 59.6 Å². The first-order chi connectivity index (χ1) is 18.4. The fourth-order valence-electron chi connectivity index (χ4n) is 4.31. The Balaban J connectivity index is 1.26. The zero-order valence-electron chi connectivity index (χ0n) is 22.1. The number of anilines is 1. The van der Waals surface area contributed by atoms with Crippen molar-refractivity contribution in [2.24, 2.45) is 5.41 Å². The summed E-state index contributed by atoms with van der Waals surface area (Å²) in [4.78, 5) is 25.8. The molecule has 4 aromatic rings. The Morgan fingerprint density at radius 3 is 2.61 bits per heavy atom. The van der Waals surface area contributed by atoms with Crippen LogP contribution in [0.2, 0.25) is 0 Å². The second-order valence-electron chi connectivity index (χ2n) is 9.96. The molecule has 196 valence electrons. The van der Waals surface area contributed by atoms with Crippen LogP contribution in [0.4, 0.5) is 5.82 Å². The first-order valence-corrected chi connectivity index (χ1v) is 12.9. The van der Waals surface area contributed by atoms with Crippen molar-refractivity contribution in [1.29, 1.82) is 0 Å². The first kappa shape index (κ1) is 25.4. The molecule has 3 aromatic heterocycles. The molecular formula is C29H32N6O3. The van der Waals surface area contributed by atoms with Gasteiger partial charge in [-0.15, -0.1) is 0 Å². The molecule has 0 aliphatic heterocycles. The molecule has 1 aliphatic carbocycles. The van der Waals surface area contributed by atoms with Gasteiger partial charge in [0.25, 0.3) is 0 Å². The van der Waals surface area contributed by atoms with Gasteiger partial charge in [0.05, 0.1) is 48.0 Å². The lowest BCUT2D eigenvalue weighted by molar-refractivity contribution is -0.140. The number of esters is 1. The van der Waals surface area contributed by atoms with E-state index in [1.807, 2.05) is 64.2 Å². The van der Waals surface area contributed by atoms with Crippen molar-refractivity contribution < 1.29 is 14.3 Å². The maximum absolute atomic E-state index is 12.5. The van der Waals surface area contributed by atoms with E-state index in [1.165, 1.54) is 0 Å². The number of nitrogens with zero attached hydrogens (tertiary/aromatic N) is 4. The number of carbonyl (C=O) groups is 1. The third kappa shape index (κ3) is 5.51. The average molecular weight is 513 g/mol. The first-order valence-electron chi connectivity index (χ1n) is 12.9. The van der Waals surface area contributed by atoms with E-state index < -0.39 is 0 Å². The van der Waals surface area contributed by atoms with Crippen LogP contribution in [0.1, 0.15) is 51.3 Å². The summed E-state index contributed by atoms with van der Waals surface area (Å²) >= 11 is 0. The highest BCUT2D eigenvalue weighted by Crippen LogP contribution is 2.49. The number of ether oxygens (including phenoxy) is 2.